The number of rotatable bonds is 0. The third kappa shape index (κ3) is 58.4. The van der Waals surface area contributed by atoms with Crippen molar-refractivity contribution in [3.63, 3.8) is 0 Å². The van der Waals surface area contributed by atoms with Crippen molar-refractivity contribution in [1.29, 1.82) is 0 Å². The van der Waals surface area contributed by atoms with Crippen molar-refractivity contribution < 1.29 is 51.8 Å². The SMILES string of the molecule is CC1CCC(C(C)(C)C)CC1.F[B-](F)(F)F.F[B-](F)(F)F.F[B-](F)(F)F.[KH]. The van der Waals surface area contributed by atoms with Gasteiger partial charge in [-0.1, -0.05) is 40.5 Å². The molecule has 0 aromatic carbocycles. The Morgan fingerprint density at radius 2 is 0.741 bits per heavy atom. The molecule has 1 aliphatic carbocycles. The van der Waals surface area contributed by atoms with Gasteiger partial charge in [-0.05, 0) is 30.1 Å². The minimum atomic E-state index is -6.00. The van der Waals surface area contributed by atoms with Crippen LogP contribution in [0.1, 0.15) is 53.4 Å². The van der Waals surface area contributed by atoms with Crippen LogP contribution in [0.5, 0.6) is 0 Å². The Kier molecular flexibility index (Phi) is 19.5. The summed E-state index contributed by atoms with van der Waals surface area (Å²) < 4.78 is 117. The molecule has 27 heavy (non-hydrogen) atoms. The Balaban J connectivity index is -0.000000142. The van der Waals surface area contributed by atoms with Gasteiger partial charge in [0.1, 0.15) is 0 Å². The van der Waals surface area contributed by atoms with Crippen LogP contribution in [0.4, 0.5) is 51.8 Å². The Labute approximate surface area is 194 Å². The molecule has 0 aliphatic heterocycles. The van der Waals surface area contributed by atoms with E-state index in [0.29, 0.717) is 5.41 Å². The summed E-state index contributed by atoms with van der Waals surface area (Å²) in [6, 6.07) is 0. The normalized spacial score (nSPS) is 20.4. The first-order chi connectivity index (χ1) is 11.0. The molecule has 0 saturated heterocycles. The van der Waals surface area contributed by atoms with Gasteiger partial charge in [-0.25, -0.2) is 0 Å². The van der Waals surface area contributed by atoms with Crippen LogP contribution in [0.2, 0.25) is 0 Å². The summed E-state index contributed by atoms with van der Waals surface area (Å²) in [5.74, 6) is 1.98. The average Bonchev–Trinajstić information content (AvgIpc) is 2.20. The van der Waals surface area contributed by atoms with E-state index < -0.39 is 21.8 Å². The topological polar surface area (TPSA) is 0 Å². The van der Waals surface area contributed by atoms with Crippen molar-refractivity contribution in [1.82, 2.24) is 0 Å². The zero-order chi connectivity index (χ0) is 22.0. The molecule has 0 atom stereocenters. The van der Waals surface area contributed by atoms with Gasteiger partial charge in [0.15, 0.2) is 0 Å². The Bertz CT molecular complexity index is 296. The fraction of sp³-hybridized carbons (Fsp3) is 1.00. The number of hydrogen-bond acceptors (Lipinski definition) is 0. The molecule has 0 N–H and O–H groups in total. The summed E-state index contributed by atoms with van der Waals surface area (Å²) in [6.07, 6.45) is 5.85. The van der Waals surface area contributed by atoms with E-state index in [9.17, 15) is 51.8 Å². The van der Waals surface area contributed by atoms with Crippen LogP contribution in [-0.4, -0.2) is 73.1 Å². The summed E-state index contributed by atoms with van der Waals surface area (Å²) in [5.41, 5.74) is 0.556. The van der Waals surface area contributed by atoms with Crippen LogP contribution in [0, 0.1) is 17.3 Å². The van der Waals surface area contributed by atoms with E-state index in [1.54, 1.807) is 0 Å². The van der Waals surface area contributed by atoms with Crippen molar-refractivity contribution >= 4 is 73.1 Å². The van der Waals surface area contributed by atoms with E-state index in [-0.39, 0.29) is 51.4 Å². The number of hydrogen-bond donors (Lipinski definition) is 0. The monoisotopic (exact) mass is 455 g/mol. The summed E-state index contributed by atoms with van der Waals surface area (Å²) >= 11 is 0. The van der Waals surface area contributed by atoms with Gasteiger partial charge in [0.2, 0.25) is 0 Å². The molecular weight excluding hydrogens is 432 g/mol. The second-order valence-corrected chi connectivity index (χ2v) is 6.81. The summed E-state index contributed by atoms with van der Waals surface area (Å²) in [4.78, 5) is 0. The molecule has 0 aromatic rings. The molecule has 0 bridgehead atoms. The summed E-state index contributed by atoms with van der Waals surface area (Å²) in [7, 11) is -18.0. The molecule has 0 amide bonds. The van der Waals surface area contributed by atoms with Gasteiger partial charge in [0.25, 0.3) is 0 Å². The maximum atomic E-state index is 9.75. The quantitative estimate of drug-likeness (QED) is 0.270. The van der Waals surface area contributed by atoms with E-state index >= 15 is 0 Å². The van der Waals surface area contributed by atoms with Gasteiger partial charge < -0.3 is 51.8 Å². The Morgan fingerprint density at radius 3 is 0.889 bits per heavy atom. The second kappa shape index (κ2) is 14.9. The number of halogens is 12. The zero-order valence-corrected chi connectivity index (χ0v) is 14.8. The third-order valence-corrected chi connectivity index (χ3v) is 3.24. The first-order valence-corrected chi connectivity index (χ1v) is 7.62. The predicted octanol–water partition coefficient (Wildman–Crippen LogP) is 7.11. The zero-order valence-electron chi connectivity index (χ0n) is 14.8. The van der Waals surface area contributed by atoms with E-state index in [0.717, 1.165) is 11.8 Å². The maximum absolute atomic E-state index is 9.75. The molecule has 1 aliphatic rings. The summed E-state index contributed by atoms with van der Waals surface area (Å²) in [6.45, 7) is 9.54. The molecule has 1 rings (SSSR count). The minimum absolute atomic E-state index is 0. The van der Waals surface area contributed by atoms with Crippen LogP contribution in [-0.2, 0) is 0 Å². The van der Waals surface area contributed by atoms with Crippen molar-refractivity contribution in [2.75, 3.05) is 0 Å². The Morgan fingerprint density at radius 1 is 0.556 bits per heavy atom. The van der Waals surface area contributed by atoms with Crippen LogP contribution < -0.4 is 0 Å². The fourth-order valence-corrected chi connectivity index (χ4v) is 2.13. The molecule has 0 spiro atoms. The molecule has 0 heterocycles. The predicted molar refractivity (Wildman–Crippen MR) is 88.3 cm³/mol. The van der Waals surface area contributed by atoms with E-state index in [2.05, 4.69) is 27.7 Å². The summed E-state index contributed by atoms with van der Waals surface area (Å²) in [5, 5.41) is 0. The standard InChI is InChI=1S/C11H22.3BF4.K.H/c1-9-5-7-10(8-6-9)11(2,3)4;3*2-1(3,4)5;;/h9-10H,5-8H2,1-4H3;;;;;/q;3*-1;;. The fourth-order valence-electron chi connectivity index (χ4n) is 2.13. The van der Waals surface area contributed by atoms with Crippen molar-refractivity contribution in [2.45, 2.75) is 53.4 Å². The molecule has 0 aromatic heterocycles. The first kappa shape index (κ1) is 35.4. The van der Waals surface area contributed by atoms with Crippen LogP contribution in [0.25, 0.3) is 0 Å². The molecule has 0 unspecified atom stereocenters. The van der Waals surface area contributed by atoms with Crippen LogP contribution in [0.15, 0.2) is 0 Å². The van der Waals surface area contributed by atoms with Gasteiger partial charge in [-0.2, -0.15) is 0 Å². The van der Waals surface area contributed by atoms with Gasteiger partial charge in [-0.15, -0.1) is 0 Å². The third-order valence-electron chi connectivity index (χ3n) is 3.24. The first-order valence-electron chi connectivity index (χ1n) is 7.62. The van der Waals surface area contributed by atoms with Crippen LogP contribution in [0.3, 0.4) is 0 Å². The van der Waals surface area contributed by atoms with Crippen molar-refractivity contribution in [2.24, 2.45) is 17.3 Å². The van der Waals surface area contributed by atoms with E-state index in [4.69, 9.17) is 0 Å². The van der Waals surface area contributed by atoms with Gasteiger partial charge in [-0.3, -0.25) is 0 Å². The van der Waals surface area contributed by atoms with E-state index in [1.807, 2.05) is 0 Å². The second-order valence-electron chi connectivity index (χ2n) is 6.81. The van der Waals surface area contributed by atoms with Crippen molar-refractivity contribution in [3.8, 4) is 0 Å². The molecular formula is C11H23B3F12K-3. The van der Waals surface area contributed by atoms with E-state index in [1.165, 1.54) is 25.7 Å². The molecule has 1 saturated carbocycles. The van der Waals surface area contributed by atoms with Gasteiger partial charge >= 0.3 is 73.1 Å². The van der Waals surface area contributed by atoms with Crippen LogP contribution >= 0.6 is 0 Å². The molecule has 0 nitrogen and oxygen atoms in total. The average molecular weight is 455 g/mol. The Hall–Kier alpha value is 0.991. The molecule has 164 valence electrons. The molecule has 1 fully saturated rings. The van der Waals surface area contributed by atoms with Gasteiger partial charge in [0.05, 0.1) is 0 Å². The van der Waals surface area contributed by atoms with Crippen molar-refractivity contribution in [3.05, 3.63) is 0 Å². The molecule has 0 radical (unpaired) electrons. The molecule has 16 heteroatoms. The van der Waals surface area contributed by atoms with Gasteiger partial charge in [0, 0.05) is 0 Å².